The molecule has 2 N–H and O–H groups in total. The summed E-state index contributed by atoms with van der Waals surface area (Å²) in [4.78, 5) is 7.10. The molecule has 0 unspecified atom stereocenters. The van der Waals surface area contributed by atoms with E-state index in [1.807, 2.05) is 13.0 Å². The minimum absolute atomic E-state index is 0.542. The lowest BCUT2D eigenvalue weighted by Gasteiger charge is -2.24. The van der Waals surface area contributed by atoms with Crippen molar-refractivity contribution in [3.8, 4) is 0 Å². The van der Waals surface area contributed by atoms with Gasteiger partial charge in [-0.1, -0.05) is 30.3 Å². The van der Waals surface area contributed by atoms with E-state index in [1.165, 1.54) is 11.1 Å². The lowest BCUT2D eigenvalue weighted by Crippen LogP contribution is -2.25. The van der Waals surface area contributed by atoms with Gasteiger partial charge in [0.2, 0.25) is 0 Å². The normalized spacial score (nSPS) is 14.8. The smallest absolute Gasteiger partial charge is 0.133 e. The van der Waals surface area contributed by atoms with Crippen LogP contribution >= 0.6 is 0 Å². The van der Waals surface area contributed by atoms with E-state index in [0.29, 0.717) is 6.54 Å². The average Bonchev–Trinajstić information content (AvgIpc) is 2.69. The summed E-state index contributed by atoms with van der Waals surface area (Å²) in [6.45, 7) is 4.55. The monoisotopic (exact) mass is 267 g/mol. The van der Waals surface area contributed by atoms with Gasteiger partial charge in [0.15, 0.2) is 0 Å². The molecule has 1 aliphatic heterocycles. The molecule has 20 heavy (non-hydrogen) atoms. The van der Waals surface area contributed by atoms with Crippen LogP contribution in [0, 0.1) is 6.92 Å². The highest BCUT2D eigenvalue weighted by Crippen LogP contribution is 2.25. The second kappa shape index (κ2) is 5.63. The van der Waals surface area contributed by atoms with Gasteiger partial charge in [0.05, 0.1) is 0 Å². The van der Waals surface area contributed by atoms with Crippen molar-refractivity contribution in [1.29, 1.82) is 0 Å². The number of hydrogen-bond acceptors (Lipinski definition) is 3. The number of aryl methyl sites for hydroxylation is 2. The molecular weight excluding hydrogens is 246 g/mol. The molecule has 3 nitrogen and oxygen atoms in total. The fourth-order valence-corrected chi connectivity index (χ4v) is 2.89. The van der Waals surface area contributed by atoms with E-state index >= 15 is 0 Å². The van der Waals surface area contributed by atoms with Crippen molar-refractivity contribution in [3.05, 3.63) is 58.8 Å². The van der Waals surface area contributed by atoms with Gasteiger partial charge in [-0.25, -0.2) is 4.98 Å². The van der Waals surface area contributed by atoms with Gasteiger partial charge < -0.3 is 10.6 Å². The molecule has 2 aromatic rings. The molecule has 0 atom stereocenters. The van der Waals surface area contributed by atoms with Gasteiger partial charge in [-0.3, -0.25) is 0 Å². The molecule has 0 bridgehead atoms. The van der Waals surface area contributed by atoms with Crippen LogP contribution in [0.15, 0.2) is 36.4 Å². The lowest BCUT2D eigenvalue weighted by atomic mass is 10.0. The van der Waals surface area contributed by atoms with Crippen LogP contribution in [0.5, 0.6) is 0 Å². The summed E-state index contributed by atoms with van der Waals surface area (Å²) >= 11 is 0. The molecule has 0 saturated carbocycles. The summed E-state index contributed by atoms with van der Waals surface area (Å²) in [6, 6.07) is 12.9. The fraction of sp³-hybridized carbons (Fsp3) is 0.353. The van der Waals surface area contributed by atoms with E-state index in [0.717, 1.165) is 43.0 Å². The molecule has 0 aliphatic carbocycles. The van der Waals surface area contributed by atoms with Crippen molar-refractivity contribution in [2.75, 3.05) is 11.4 Å². The van der Waals surface area contributed by atoms with Crippen molar-refractivity contribution >= 4 is 5.82 Å². The second-order valence-electron chi connectivity index (χ2n) is 5.43. The number of nitrogens with zero attached hydrogens (tertiary/aromatic N) is 2. The highest BCUT2D eigenvalue weighted by molar-refractivity contribution is 5.49. The van der Waals surface area contributed by atoms with Crippen LogP contribution in [-0.4, -0.2) is 11.5 Å². The summed E-state index contributed by atoms with van der Waals surface area (Å²) in [6.07, 6.45) is 2.31. The number of hydrogen-bond donors (Lipinski definition) is 1. The predicted octanol–water partition coefficient (Wildman–Crippen LogP) is 2.80. The Labute approximate surface area is 120 Å². The first-order valence-corrected chi connectivity index (χ1v) is 7.26. The third-order valence-corrected chi connectivity index (χ3v) is 3.97. The highest BCUT2D eigenvalue weighted by atomic mass is 15.2. The van der Waals surface area contributed by atoms with E-state index in [1.54, 1.807) is 0 Å². The Kier molecular flexibility index (Phi) is 3.70. The van der Waals surface area contributed by atoms with Crippen molar-refractivity contribution < 1.29 is 0 Å². The van der Waals surface area contributed by atoms with Crippen molar-refractivity contribution in [1.82, 2.24) is 4.98 Å². The van der Waals surface area contributed by atoms with Gasteiger partial charge in [-0.15, -0.1) is 0 Å². The number of fused-ring (bicyclic) bond motifs is 1. The van der Waals surface area contributed by atoms with E-state index in [9.17, 15) is 0 Å². The number of aromatic nitrogens is 1. The largest absolute Gasteiger partial charge is 0.352 e. The highest BCUT2D eigenvalue weighted by Gasteiger charge is 2.17. The molecular formula is C17H21N3. The molecule has 3 heteroatoms. The molecule has 0 saturated heterocycles. The van der Waals surface area contributed by atoms with Crippen molar-refractivity contribution in [3.63, 3.8) is 0 Å². The number of nitrogens with two attached hydrogens (primary N) is 1. The quantitative estimate of drug-likeness (QED) is 0.909. The summed E-state index contributed by atoms with van der Waals surface area (Å²) < 4.78 is 0. The van der Waals surface area contributed by atoms with E-state index < -0.39 is 0 Å². The van der Waals surface area contributed by atoms with Crippen LogP contribution in [0.2, 0.25) is 0 Å². The first kappa shape index (κ1) is 13.1. The maximum absolute atomic E-state index is 5.87. The van der Waals surface area contributed by atoms with Gasteiger partial charge >= 0.3 is 0 Å². The van der Waals surface area contributed by atoms with E-state index in [4.69, 9.17) is 10.7 Å². The van der Waals surface area contributed by atoms with Crippen LogP contribution in [0.3, 0.4) is 0 Å². The Morgan fingerprint density at radius 2 is 1.95 bits per heavy atom. The van der Waals surface area contributed by atoms with Crippen LogP contribution in [0.4, 0.5) is 5.82 Å². The molecule has 1 aliphatic rings. The number of pyridine rings is 1. The van der Waals surface area contributed by atoms with Gasteiger partial charge in [0.1, 0.15) is 5.82 Å². The summed E-state index contributed by atoms with van der Waals surface area (Å²) in [5.41, 5.74) is 10.9. The maximum atomic E-state index is 5.87. The number of anilines is 1. The Hall–Kier alpha value is -1.87. The first-order valence-electron chi connectivity index (χ1n) is 7.26. The number of rotatable bonds is 2. The lowest BCUT2D eigenvalue weighted by molar-refractivity contribution is 0.746. The molecule has 0 amide bonds. The van der Waals surface area contributed by atoms with Crippen molar-refractivity contribution in [2.24, 2.45) is 5.73 Å². The van der Waals surface area contributed by atoms with Gasteiger partial charge in [0.25, 0.3) is 0 Å². The zero-order valence-electron chi connectivity index (χ0n) is 12.0. The van der Waals surface area contributed by atoms with Gasteiger partial charge in [-0.05, 0) is 37.0 Å². The van der Waals surface area contributed by atoms with Crippen LogP contribution < -0.4 is 10.6 Å². The van der Waals surface area contributed by atoms with Gasteiger partial charge in [-0.2, -0.15) is 0 Å². The SMILES string of the molecule is Cc1ccc(CN)c(N2CCCc3ccccc3C2)n1. The Bertz CT molecular complexity index is 607. The van der Waals surface area contributed by atoms with E-state index in [-0.39, 0.29) is 0 Å². The predicted molar refractivity (Wildman–Crippen MR) is 82.7 cm³/mol. The zero-order valence-corrected chi connectivity index (χ0v) is 12.0. The Morgan fingerprint density at radius 3 is 2.75 bits per heavy atom. The minimum Gasteiger partial charge on any atom is -0.352 e. The summed E-state index contributed by atoms with van der Waals surface area (Å²) in [5, 5.41) is 0. The van der Waals surface area contributed by atoms with Crippen LogP contribution in [-0.2, 0) is 19.5 Å². The minimum atomic E-state index is 0.542. The first-order chi connectivity index (χ1) is 9.78. The second-order valence-corrected chi connectivity index (χ2v) is 5.43. The fourth-order valence-electron chi connectivity index (χ4n) is 2.89. The average molecular weight is 267 g/mol. The maximum Gasteiger partial charge on any atom is 0.133 e. The third-order valence-electron chi connectivity index (χ3n) is 3.97. The zero-order chi connectivity index (χ0) is 13.9. The van der Waals surface area contributed by atoms with E-state index in [2.05, 4.69) is 35.2 Å². The van der Waals surface area contributed by atoms with Gasteiger partial charge in [0, 0.05) is 30.9 Å². The standard InChI is InChI=1S/C17H21N3/c1-13-8-9-15(11-18)17(19-13)20-10-4-7-14-5-2-3-6-16(14)12-20/h2-3,5-6,8-9H,4,7,10-12,18H2,1H3. The van der Waals surface area contributed by atoms with Crippen LogP contribution in [0.1, 0.15) is 28.8 Å². The summed E-state index contributed by atoms with van der Waals surface area (Å²) in [5.74, 6) is 1.06. The molecule has 104 valence electrons. The molecule has 1 aromatic carbocycles. The van der Waals surface area contributed by atoms with Crippen LogP contribution in [0.25, 0.3) is 0 Å². The molecule has 0 radical (unpaired) electrons. The number of benzene rings is 1. The molecule has 0 fully saturated rings. The molecule has 3 rings (SSSR count). The Morgan fingerprint density at radius 1 is 1.15 bits per heavy atom. The molecule has 0 spiro atoms. The third kappa shape index (κ3) is 2.54. The molecule has 1 aromatic heterocycles. The van der Waals surface area contributed by atoms with Crippen molar-refractivity contribution in [2.45, 2.75) is 32.9 Å². The topological polar surface area (TPSA) is 42.1 Å². The Balaban J connectivity index is 1.97. The summed E-state index contributed by atoms with van der Waals surface area (Å²) in [7, 11) is 0. The molecule has 2 heterocycles.